The van der Waals surface area contributed by atoms with Crippen LogP contribution in [0.5, 0.6) is 0 Å². The quantitative estimate of drug-likeness (QED) is 0.874. The maximum atomic E-state index is 12.4. The Morgan fingerprint density at radius 2 is 1.91 bits per heavy atom. The van der Waals surface area contributed by atoms with E-state index in [9.17, 15) is 4.79 Å². The maximum absolute atomic E-state index is 12.4. The van der Waals surface area contributed by atoms with Crippen molar-refractivity contribution in [2.75, 3.05) is 26.3 Å². The van der Waals surface area contributed by atoms with Crippen LogP contribution in [0, 0.1) is 13.8 Å². The fourth-order valence-corrected chi connectivity index (χ4v) is 3.53. The minimum absolute atomic E-state index is 0.172. The predicted molar refractivity (Wildman–Crippen MR) is 88.1 cm³/mol. The molecule has 0 bridgehead atoms. The monoisotopic (exact) mass is 316 g/mol. The van der Waals surface area contributed by atoms with E-state index in [2.05, 4.69) is 36.2 Å². The van der Waals surface area contributed by atoms with Gasteiger partial charge < -0.3 is 9.64 Å². The molecule has 1 aromatic heterocycles. The molecule has 1 aromatic carbocycles. The molecule has 4 nitrogen and oxygen atoms in total. The van der Waals surface area contributed by atoms with Gasteiger partial charge in [-0.2, -0.15) is 0 Å². The second-order valence-corrected chi connectivity index (χ2v) is 6.65. The first-order valence-electron chi connectivity index (χ1n) is 7.52. The molecule has 1 saturated heterocycles. The molecule has 5 heteroatoms. The van der Waals surface area contributed by atoms with Crippen molar-refractivity contribution in [3.8, 4) is 10.6 Å². The number of carbonyl (C=O) groups excluding carboxylic acids is 1. The number of morpholine rings is 1. The highest BCUT2D eigenvalue weighted by molar-refractivity contribution is 7.15. The van der Waals surface area contributed by atoms with E-state index in [-0.39, 0.29) is 5.91 Å². The topological polar surface area (TPSA) is 42.4 Å². The van der Waals surface area contributed by atoms with E-state index in [1.807, 2.05) is 11.8 Å². The maximum Gasteiger partial charge on any atom is 0.228 e. The molecule has 22 heavy (non-hydrogen) atoms. The first-order chi connectivity index (χ1) is 10.6. The van der Waals surface area contributed by atoms with Gasteiger partial charge in [-0.3, -0.25) is 4.79 Å². The van der Waals surface area contributed by atoms with Gasteiger partial charge in [-0.1, -0.05) is 29.8 Å². The Hall–Kier alpha value is -1.72. The van der Waals surface area contributed by atoms with Gasteiger partial charge in [0.25, 0.3) is 0 Å². The van der Waals surface area contributed by atoms with E-state index in [1.54, 1.807) is 11.3 Å². The van der Waals surface area contributed by atoms with Crippen molar-refractivity contribution in [1.82, 2.24) is 9.88 Å². The molecule has 1 aliphatic heterocycles. The Morgan fingerprint density at radius 1 is 1.23 bits per heavy atom. The van der Waals surface area contributed by atoms with Gasteiger partial charge in [0.1, 0.15) is 5.01 Å². The molecule has 0 spiro atoms. The molecule has 3 rings (SSSR count). The molecule has 1 fully saturated rings. The zero-order valence-corrected chi connectivity index (χ0v) is 13.8. The molecule has 0 radical (unpaired) electrons. The number of benzene rings is 1. The van der Waals surface area contributed by atoms with Crippen LogP contribution in [-0.4, -0.2) is 42.1 Å². The third-order valence-corrected chi connectivity index (χ3v) is 5.07. The van der Waals surface area contributed by atoms with Gasteiger partial charge in [0.05, 0.1) is 25.3 Å². The SMILES string of the molecule is Cc1ccc(-c2nc(C)c(CC(=O)N3CCOCC3)s2)cc1. The first-order valence-corrected chi connectivity index (χ1v) is 8.34. The summed E-state index contributed by atoms with van der Waals surface area (Å²) in [6, 6.07) is 8.34. The summed E-state index contributed by atoms with van der Waals surface area (Å²) < 4.78 is 5.29. The zero-order chi connectivity index (χ0) is 15.5. The van der Waals surface area contributed by atoms with Gasteiger partial charge in [0.15, 0.2) is 0 Å². The van der Waals surface area contributed by atoms with Gasteiger partial charge in [-0.15, -0.1) is 11.3 Å². The number of carbonyl (C=O) groups is 1. The summed E-state index contributed by atoms with van der Waals surface area (Å²) >= 11 is 1.62. The zero-order valence-electron chi connectivity index (χ0n) is 13.0. The third kappa shape index (κ3) is 3.36. The number of hydrogen-bond donors (Lipinski definition) is 0. The summed E-state index contributed by atoms with van der Waals surface area (Å²) in [5, 5.41) is 0.988. The molecule has 0 aliphatic carbocycles. The number of aryl methyl sites for hydroxylation is 2. The number of ether oxygens (including phenoxy) is 1. The second-order valence-electron chi connectivity index (χ2n) is 5.56. The van der Waals surface area contributed by atoms with Crippen molar-refractivity contribution >= 4 is 17.2 Å². The number of nitrogens with zero attached hydrogens (tertiary/aromatic N) is 2. The molecule has 2 aromatic rings. The lowest BCUT2D eigenvalue weighted by atomic mass is 10.2. The van der Waals surface area contributed by atoms with Crippen LogP contribution in [0.4, 0.5) is 0 Å². The minimum Gasteiger partial charge on any atom is -0.378 e. The van der Waals surface area contributed by atoms with Crippen molar-refractivity contribution in [2.24, 2.45) is 0 Å². The normalized spacial score (nSPS) is 15.1. The van der Waals surface area contributed by atoms with E-state index in [1.165, 1.54) is 5.56 Å². The fourth-order valence-electron chi connectivity index (χ4n) is 2.47. The Balaban J connectivity index is 1.74. The van der Waals surface area contributed by atoms with Crippen LogP contribution in [0.2, 0.25) is 0 Å². The lowest BCUT2D eigenvalue weighted by molar-refractivity contribution is -0.134. The van der Waals surface area contributed by atoms with Gasteiger partial charge >= 0.3 is 0 Å². The molecular formula is C17H20N2O2S. The molecule has 0 atom stereocenters. The molecule has 116 valence electrons. The van der Waals surface area contributed by atoms with Crippen molar-refractivity contribution in [2.45, 2.75) is 20.3 Å². The number of aromatic nitrogens is 1. The van der Waals surface area contributed by atoms with Crippen LogP contribution < -0.4 is 0 Å². The number of hydrogen-bond acceptors (Lipinski definition) is 4. The number of amides is 1. The Bertz CT molecular complexity index is 658. The Labute approximate surface area is 134 Å². The number of thiazole rings is 1. The average molecular weight is 316 g/mol. The van der Waals surface area contributed by atoms with E-state index in [4.69, 9.17) is 4.74 Å². The van der Waals surface area contributed by atoms with Crippen molar-refractivity contribution in [3.05, 3.63) is 40.4 Å². The predicted octanol–water partition coefficient (Wildman–Crippen LogP) is 2.83. The molecule has 0 unspecified atom stereocenters. The van der Waals surface area contributed by atoms with E-state index < -0.39 is 0 Å². The van der Waals surface area contributed by atoms with Crippen LogP contribution in [0.1, 0.15) is 16.1 Å². The highest BCUT2D eigenvalue weighted by Gasteiger charge is 2.19. The van der Waals surface area contributed by atoms with Crippen LogP contribution in [0.3, 0.4) is 0 Å². The van der Waals surface area contributed by atoms with Crippen molar-refractivity contribution < 1.29 is 9.53 Å². The van der Waals surface area contributed by atoms with Crippen molar-refractivity contribution in [3.63, 3.8) is 0 Å². The fraction of sp³-hybridized carbons (Fsp3) is 0.412. The summed E-state index contributed by atoms with van der Waals surface area (Å²) in [7, 11) is 0. The van der Waals surface area contributed by atoms with Gasteiger partial charge in [-0.05, 0) is 13.8 Å². The average Bonchev–Trinajstić information content (AvgIpc) is 2.90. The third-order valence-electron chi connectivity index (χ3n) is 3.87. The molecule has 0 N–H and O–H groups in total. The van der Waals surface area contributed by atoms with Gasteiger partial charge in [-0.25, -0.2) is 4.98 Å². The van der Waals surface area contributed by atoms with Crippen LogP contribution in [0.25, 0.3) is 10.6 Å². The summed E-state index contributed by atoms with van der Waals surface area (Å²) in [6.45, 7) is 6.73. The lowest BCUT2D eigenvalue weighted by Crippen LogP contribution is -2.41. The molecule has 1 amide bonds. The first kappa shape index (κ1) is 15.2. The lowest BCUT2D eigenvalue weighted by Gasteiger charge is -2.26. The summed E-state index contributed by atoms with van der Waals surface area (Å²) in [4.78, 5) is 19.9. The van der Waals surface area contributed by atoms with Crippen LogP contribution in [-0.2, 0) is 16.0 Å². The van der Waals surface area contributed by atoms with Gasteiger partial charge in [0.2, 0.25) is 5.91 Å². The van der Waals surface area contributed by atoms with E-state index >= 15 is 0 Å². The largest absolute Gasteiger partial charge is 0.378 e. The standard InChI is InChI=1S/C17H20N2O2S/c1-12-3-5-14(6-4-12)17-18-13(2)15(22-17)11-16(20)19-7-9-21-10-8-19/h3-6H,7-11H2,1-2H3. The molecular weight excluding hydrogens is 296 g/mol. The van der Waals surface area contributed by atoms with Gasteiger partial charge in [0, 0.05) is 23.5 Å². The minimum atomic E-state index is 0.172. The molecule has 0 saturated carbocycles. The Morgan fingerprint density at radius 3 is 2.59 bits per heavy atom. The highest BCUT2D eigenvalue weighted by atomic mass is 32.1. The summed E-state index contributed by atoms with van der Waals surface area (Å²) in [6.07, 6.45) is 0.440. The second kappa shape index (κ2) is 6.58. The van der Waals surface area contributed by atoms with Crippen molar-refractivity contribution in [1.29, 1.82) is 0 Å². The smallest absolute Gasteiger partial charge is 0.228 e. The van der Waals surface area contributed by atoms with Crippen LogP contribution >= 0.6 is 11.3 Å². The summed E-state index contributed by atoms with van der Waals surface area (Å²) in [5.41, 5.74) is 3.31. The van der Waals surface area contributed by atoms with Crippen LogP contribution in [0.15, 0.2) is 24.3 Å². The molecule has 2 heterocycles. The van der Waals surface area contributed by atoms with E-state index in [0.29, 0.717) is 32.7 Å². The Kier molecular flexibility index (Phi) is 4.55. The summed E-state index contributed by atoms with van der Waals surface area (Å²) in [5.74, 6) is 0.172. The van der Waals surface area contributed by atoms with E-state index in [0.717, 1.165) is 21.1 Å². The highest BCUT2D eigenvalue weighted by Crippen LogP contribution is 2.28. The molecule has 1 aliphatic rings. The number of rotatable bonds is 3.